The van der Waals surface area contributed by atoms with Crippen LogP contribution in [0.1, 0.15) is 15.9 Å². The van der Waals surface area contributed by atoms with Crippen molar-refractivity contribution in [3.63, 3.8) is 0 Å². The van der Waals surface area contributed by atoms with Crippen molar-refractivity contribution < 1.29 is 14.3 Å². The molecule has 0 unspecified atom stereocenters. The van der Waals surface area contributed by atoms with Gasteiger partial charge in [-0.25, -0.2) is 0 Å². The van der Waals surface area contributed by atoms with Crippen molar-refractivity contribution >= 4 is 35.1 Å². The maximum absolute atomic E-state index is 12.8. The summed E-state index contributed by atoms with van der Waals surface area (Å²) in [6, 6.07) is 13.1. The SMILES string of the molecule is COc1ccc(C(=O)CSc2nnc(N3CCOCC3)n2-c2ccccc2C)cc1Cl. The number of thioether (sulfide) groups is 1. The van der Waals surface area contributed by atoms with E-state index in [1.54, 1.807) is 25.3 Å². The third-order valence-electron chi connectivity index (χ3n) is 5.07. The molecule has 0 bridgehead atoms. The standard InChI is InChI=1S/C22H23ClN4O3S/c1-15-5-3-4-6-18(15)27-21(26-9-11-30-12-10-26)24-25-22(27)31-14-19(28)16-7-8-20(29-2)17(23)13-16/h3-8,13H,9-12,14H2,1-2H3. The first-order chi connectivity index (χ1) is 15.1. The van der Waals surface area contributed by atoms with Crippen LogP contribution in [0.15, 0.2) is 47.6 Å². The highest BCUT2D eigenvalue weighted by Crippen LogP contribution is 2.30. The zero-order valence-electron chi connectivity index (χ0n) is 17.4. The minimum Gasteiger partial charge on any atom is -0.495 e. The summed E-state index contributed by atoms with van der Waals surface area (Å²) >= 11 is 7.54. The summed E-state index contributed by atoms with van der Waals surface area (Å²) in [5, 5.41) is 9.96. The Morgan fingerprint density at radius 2 is 1.97 bits per heavy atom. The molecule has 3 aromatic rings. The molecule has 0 atom stereocenters. The number of hydrogen-bond acceptors (Lipinski definition) is 7. The minimum atomic E-state index is -0.0400. The first-order valence-electron chi connectivity index (χ1n) is 9.92. The van der Waals surface area contributed by atoms with Crippen LogP contribution in [0, 0.1) is 6.92 Å². The Bertz CT molecular complexity index is 1080. The highest BCUT2D eigenvalue weighted by molar-refractivity contribution is 7.99. The van der Waals surface area contributed by atoms with Gasteiger partial charge in [-0.2, -0.15) is 0 Å². The van der Waals surface area contributed by atoms with Gasteiger partial charge >= 0.3 is 0 Å². The molecule has 0 radical (unpaired) electrons. The van der Waals surface area contributed by atoms with E-state index < -0.39 is 0 Å². The minimum absolute atomic E-state index is 0.0400. The Labute approximate surface area is 190 Å². The van der Waals surface area contributed by atoms with Crippen LogP contribution in [0.2, 0.25) is 5.02 Å². The van der Waals surface area contributed by atoms with E-state index in [0.29, 0.717) is 34.7 Å². The average molecular weight is 459 g/mol. The number of hydrogen-bond donors (Lipinski definition) is 0. The van der Waals surface area contributed by atoms with Gasteiger partial charge in [0.2, 0.25) is 5.95 Å². The fourth-order valence-electron chi connectivity index (χ4n) is 3.40. The third-order valence-corrected chi connectivity index (χ3v) is 6.30. The van der Waals surface area contributed by atoms with E-state index in [1.165, 1.54) is 11.8 Å². The van der Waals surface area contributed by atoms with Crippen molar-refractivity contribution in [1.29, 1.82) is 0 Å². The second kappa shape index (κ2) is 9.72. The van der Waals surface area contributed by atoms with Crippen LogP contribution in [-0.2, 0) is 4.74 Å². The molecule has 0 spiro atoms. The molecule has 0 amide bonds. The number of halogens is 1. The van der Waals surface area contributed by atoms with Crippen molar-refractivity contribution in [2.45, 2.75) is 12.1 Å². The molecule has 1 saturated heterocycles. The van der Waals surface area contributed by atoms with E-state index in [9.17, 15) is 4.79 Å². The molecule has 2 aromatic carbocycles. The number of aryl methyl sites for hydroxylation is 1. The average Bonchev–Trinajstić information content (AvgIpc) is 3.22. The number of carbonyl (C=O) groups is 1. The Morgan fingerprint density at radius 3 is 2.68 bits per heavy atom. The molecular weight excluding hydrogens is 436 g/mol. The number of ketones is 1. The van der Waals surface area contributed by atoms with Crippen molar-refractivity contribution in [3.05, 3.63) is 58.6 Å². The van der Waals surface area contributed by atoms with Crippen LogP contribution in [0.25, 0.3) is 5.69 Å². The van der Waals surface area contributed by atoms with Gasteiger partial charge in [0.1, 0.15) is 5.75 Å². The fraction of sp³-hybridized carbons (Fsp3) is 0.318. The molecule has 31 heavy (non-hydrogen) atoms. The van der Waals surface area contributed by atoms with Crippen LogP contribution < -0.4 is 9.64 Å². The van der Waals surface area contributed by atoms with E-state index >= 15 is 0 Å². The molecule has 4 rings (SSSR count). The molecule has 7 nitrogen and oxygen atoms in total. The van der Waals surface area contributed by atoms with Gasteiger partial charge in [-0.1, -0.05) is 41.6 Å². The van der Waals surface area contributed by atoms with Gasteiger partial charge in [-0.05, 0) is 36.8 Å². The second-order valence-corrected chi connectivity index (χ2v) is 8.41. The van der Waals surface area contributed by atoms with Crippen molar-refractivity contribution in [3.8, 4) is 11.4 Å². The number of para-hydroxylation sites is 1. The van der Waals surface area contributed by atoms with Crippen molar-refractivity contribution in [2.24, 2.45) is 0 Å². The largest absolute Gasteiger partial charge is 0.495 e. The zero-order chi connectivity index (χ0) is 21.8. The van der Waals surface area contributed by atoms with E-state index in [-0.39, 0.29) is 11.5 Å². The number of aromatic nitrogens is 3. The number of rotatable bonds is 7. The van der Waals surface area contributed by atoms with E-state index in [4.69, 9.17) is 21.1 Å². The Morgan fingerprint density at radius 1 is 1.19 bits per heavy atom. The summed E-state index contributed by atoms with van der Waals surface area (Å²) in [5.41, 5.74) is 2.64. The molecule has 1 aromatic heterocycles. The summed E-state index contributed by atoms with van der Waals surface area (Å²) in [4.78, 5) is 15.0. The number of carbonyl (C=O) groups excluding carboxylic acids is 1. The van der Waals surface area contributed by atoms with Gasteiger partial charge in [-0.15, -0.1) is 10.2 Å². The van der Waals surface area contributed by atoms with E-state index in [2.05, 4.69) is 28.1 Å². The summed E-state index contributed by atoms with van der Waals surface area (Å²) in [6.07, 6.45) is 0. The maximum Gasteiger partial charge on any atom is 0.232 e. The topological polar surface area (TPSA) is 69.5 Å². The molecule has 162 valence electrons. The summed E-state index contributed by atoms with van der Waals surface area (Å²) in [6.45, 7) is 4.85. The zero-order valence-corrected chi connectivity index (χ0v) is 18.9. The van der Waals surface area contributed by atoms with E-state index in [1.807, 2.05) is 22.8 Å². The van der Waals surface area contributed by atoms with Crippen LogP contribution in [-0.4, -0.2) is 59.7 Å². The Kier molecular flexibility index (Phi) is 6.80. The first-order valence-corrected chi connectivity index (χ1v) is 11.3. The molecular formula is C22H23ClN4O3S. The molecule has 1 aliphatic heterocycles. The lowest BCUT2D eigenvalue weighted by molar-refractivity contribution is 0.102. The van der Waals surface area contributed by atoms with Gasteiger partial charge in [0.15, 0.2) is 10.9 Å². The molecule has 1 fully saturated rings. The number of methoxy groups -OCH3 is 1. The third kappa shape index (κ3) is 4.71. The monoisotopic (exact) mass is 458 g/mol. The normalized spacial score (nSPS) is 14.0. The van der Waals surface area contributed by atoms with Gasteiger partial charge in [-0.3, -0.25) is 9.36 Å². The number of morpholine rings is 1. The molecule has 0 N–H and O–H groups in total. The fourth-order valence-corrected chi connectivity index (χ4v) is 4.49. The Balaban J connectivity index is 1.61. The molecule has 1 aliphatic rings. The second-order valence-electron chi connectivity index (χ2n) is 7.07. The highest BCUT2D eigenvalue weighted by atomic mass is 35.5. The number of Topliss-reactive ketones (excluding diaryl/α,β-unsaturated/α-hetero) is 1. The number of nitrogens with zero attached hydrogens (tertiary/aromatic N) is 4. The molecule has 2 heterocycles. The van der Waals surface area contributed by atoms with Gasteiger partial charge in [0.25, 0.3) is 0 Å². The summed E-state index contributed by atoms with van der Waals surface area (Å²) in [7, 11) is 1.54. The maximum atomic E-state index is 12.8. The molecule has 9 heteroatoms. The van der Waals surface area contributed by atoms with Crippen molar-refractivity contribution in [2.75, 3.05) is 44.1 Å². The van der Waals surface area contributed by atoms with Crippen LogP contribution in [0.4, 0.5) is 5.95 Å². The predicted molar refractivity (Wildman–Crippen MR) is 122 cm³/mol. The smallest absolute Gasteiger partial charge is 0.232 e. The first kappa shape index (κ1) is 21.7. The van der Waals surface area contributed by atoms with Crippen LogP contribution in [0.3, 0.4) is 0 Å². The lowest BCUT2D eigenvalue weighted by atomic mass is 10.1. The van der Waals surface area contributed by atoms with Crippen LogP contribution in [0.5, 0.6) is 5.75 Å². The summed E-state index contributed by atoms with van der Waals surface area (Å²) in [5.74, 6) is 1.48. The quantitative estimate of drug-likeness (QED) is 0.390. The van der Waals surface area contributed by atoms with Crippen LogP contribution >= 0.6 is 23.4 Å². The Hall–Kier alpha value is -2.55. The molecule has 0 aliphatic carbocycles. The van der Waals surface area contributed by atoms with Gasteiger partial charge < -0.3 is 14.4 Å². The molecule has 0 saturated carbocycles. The van der Waals surface area contributed by atoms with E-state index in [0.717, 1.165) is 30.3 Å². The van der Waals surface area contributed by atoms with Gasteiger partial charge in [0.05, 0.1) is 36.8 Å². The number of anilines is 1. The predicted octanol–water partition coefficient (Wildman–Crippen LogP) is 4.05. The highest BCUT2D eigenvalue weighted by Gasteiger charge is 2.23. The lowest BCUT2D eigenvalue weighted by Crippen LogP contribution is -2.38. The number of benzene rings is 2. The van der Waals surface area contributed by atoms with Crippen molar-refractivity contribution in [1.82, 2.24) is 14.8 Å². The summed E-state index contributed by atoms with van der Waals surface area (Å²) < 4.78 is 12.7. The lowest BCUT2D eigenvalue weighted by Gasteiger charge is -2.28. The van der Waals surface area contributed by atoms with Gasteiger partial charge in [0, 0.05) is 18.7 Å². The number of ether oxygens (including phenoxy) is 2.